The third kappa shape index (κ3) is 2.38. The number of imidazole rings is 1. The average molecular weight is 286 g/mol. The van der Waals surface area contributed by atoms with Crippen LogP contribution in [-0.4, -0.2) is 27.5 Å². The average Bonchev–Trinajstić information content (AvgIpc) is 2.88. The van der Waals surface area contributed by atoms with E-state index in [1.54, 1.807) is 0 Å². The van der Waals surface area contributed by atoms with E-state index in [0.717, 1.165) is 16.9 Å². The van der Waals surface area contributed by atoms with Gasteiger partial charge in [0, 0.05) is 13.0 Å². The molecule has 21 heavy (non-hydrogen) atoms. The Labute approximate surface area is 125 Å². The first-order valence-corrected chi connectivity index (χ1v) is 7.57. The van der Waals surface area contributed by atoms with E-state index in [4.69, 9.17) is 4.74 Å². The Morgan fingerprint density at radius 1 is 1.24 bits per heavy atom. The highest BCUT2D eigenvalue weighted by molar-refractivity contribution is 5.85. The molecular weight excluding hydrogens is 264 g/mol. The van der Waals surface area contributed by atoms with Crippen LogP contribution in [-0.2, 0) is 23.0 Å². The van der Waals surface area contributed by atoms with Crippen LogP contribution < -0.4 is 0 Å². The van der Waals surface area contributed by atoms with Gasteiger partial charge in [-0.2, -0.15) is 0 Å². The standard InChI is InChI=1S/C17H22N2O2/c1-10-11(2)21-12(3)17(10)15(20)9-16-18-13-7-5-6-8-14(13)19(16)4/h5-8,10-12,17H,9H2,1-4H3. The van der Waals surface area contributed by atoms with Crippen molar-refractivity contribution >= 4 is 16.8 Å². The molecule has 4 heteroatoms. The van der Waals surface area contributed by atoms with E-state index in [9.17, 15) is 4.79 Å². The van der Waals surface area contributed by atoms with E-state index in [1.165, 1.54) is 0 Å². The first-order valence-electron chi connectivity index (χ1n) is 7.57. The topological polar surface area (TPSA) is 44.1 Å². The molecule has 4 atom stereocenters. The zero-order chi connectivity index (χ0) is 15.1. The minimum Gasteiger partial charge on any atom is -0.375 e. The molecular formula is C17H22N2O2. The number of hydrogen-bond acceptors (Lipinski definition) is 3. The summed E-state index contributed by atoms with van der Waals surface area (Å²) in [4.78, 5) is 17.3. The molecule has 1 fully saturated rings. The van der Waals surface area contributed by atoms with Gasteiger partial charge in [0.2, 0.25) is 0 Å². The summed E-state index contributed by atoms with van der Waals surface area (Å²) in [5.74, 6) is 1.31. The van der Waals surface area contributed by atoms with Gasteiger partial charge < -0.3 is 9.30 Å². The molecule has 0 radical (unpaired) electrons. The maximum atomic E-state index is 12.7. The Kier molecular flexibility index (Phi) is 3.57. The SMILES string of the molecule is CC1OC(C)C(C(=O)Cc2nc3ccccc3n2C)C1C. The highest BCUT2D eigenvalue weighted by Gasteiger charge is 2.41. The summed E-state index contributed by atoms with van der Waals surface area (Å²) in [6.45, 7) is 6.15. The molecule has 1 aliphatic rings. The summed E-state index contributed by atoms with van der Waals surface area (Å²) in [7, 11) is 1.97. The maximum Gasteiger partial charge on any atom is 0.146 e. The molecule has 1 saturated heterocycles. The van der Waals surface area contributed by atoms with Crippen LogP contribution in [0.2, 0.25) is 0 Å². The van der Waals surface area contributed by atoms with Crippen molar-refractivity contribution in [1.82, 2.24) is 9.55 Å². The largest absolute Gasteiger partial charge is 0.375 e. The molecule has 1 aliphatic heterocycles. The molecule has 0 spiro atoms. The van der Waals surface area contributed by atoms with E-state index in [-0.39, 0.29) is 29.8 Å². The van der Waals surface area contributed by atoms with E-state index in [0.29, 0.717) is 6.42 Å². The fraction of sp³-hybridized carbons (Fsp3) is 0.529. The molecule has 0 amide bonds. The van der Waals surface area contributed by atoms with Gasteiger partial charge in [-0.3, -0.25) is 4.79 Å². The molecule has 112 valence electrons. The Bertz CT molecular complexity index is 676. The van der Waals surface area contributed by atoms with Gasteiger partial charge in [-0.15, -0.1) is 0 Å². The highest BCUT2D eigenvalue weighted by Crippen LogP contribution is 2.33. The molecule has 0 bridgehead atoms. The van der Waals surface area contributed by atoms with Crippen LogP contribution in [0.15, 0.2) is 24.3 Å². The van der Waals surface area contributed by atoms with Gasteiger partial charge in [0.15, 0.2) is 0 Å². The lowest BCUT2D eigenvalue weighted by Gasteiger charge is -2.16. The Morgan fingerprint density at radius 3 is 2.57 bits per heavy atom. The minimum absolute atomic E-state index is 0.00261. The maximum absolute atomic E-state index is 12.7. The van der Waals surface area contributed by atoms with E-state index in [2.05, 4.69) is 11.9 Å². The fourth-order valence-corrected chi connectivity index (χ4v) is 3.45. The zero-order valence-corrected chi connectivity index (χ0v) is 13.0. The van der Waals surface area contributed by atoms with E-state index in [1.807, 2.05) is 49.7 Å². The van der Waals surface area contributed by atoms with Crippen LogP contribution in [0.4, 0.5) is 0 Å². The van der Waals surface area contributed by atoms with Crippen molar-refractivity contribution in [3.63, 3.8) is 0 Å². The normalized spacial score (nSPS) is 29.1. The van der Waals surface area contributed by atoms with Crippen LogP contribution in [0.1, 0.15) is 26.6 Å². The number of aromatic nitrogens is 2. The van der Waals surface area contributed by atoms with Crippen molar-refractivity contribution in [2.75, 3.05) is 0 Å². The summed E-state index contributed by atoms with van der Waals surface area (Å²) in [6.07, 6.45) is 0.521. The van der Waals surface area contributed by atoms with Crippen molar-refractivity contribution in [1.29, 1.82) is 0 Å². The van der Waals surface area contributed by atoms with Crippen LogP contribution in [0.3, 0.4) is 0 Å². The molecule has 2 aromatic rings. The van der Waals surface area contributed by atoms with Crippen molar-refractivity contribution in [2.45, 2.75) is 39.4 Å². The number of fused-ring (bicyclic) bond motifs is 1. The number of Topliss-reactive ketones (excluding diaryl/α,β-unsaturated/α-hetero) is 1. The molecule has 2 heterocycles. The van der Waals surface area contributed by atoms with Gasteiger partial charge in [-0.1, -0.05) is 19.1 Å². The van der Waals surface area contributed by atoms with Crippen molar-refractivity contribution in [3.05, 3.63) is 30.1 Å². The number of hydrogen-bond donors (Lipinski definition) is 0. The highest BCUT2D eigenvalue weighted by atomic mass is 16.5. The predicted molar refractivity (Wildman–Crippen MR) is 82.1 cm³/mol. The first-order chi connectivity index (χ1) is 9.99. The Balaban J connectivity index is 1.85. The molecule has 4 nitrogen and oxygen atoms in total. The van der Waals surface area contributed by atoms with Crippen molar-refractivity contribution in [3.8, 4) is 0 Å². The molecule has 0 saturated carbocycles. The summed E-state index contributed by atoms with van der Waals surface area (Å²) >= 11 is 0. The monoisotopic (exact) mass is 286 g/mol. The summed E-state index contributed by atoms with van der Waals surface area (Å²) < 4.78 is 7.80. The van der Waals surface area contributed by atoms with Crippen LogP contribution in [0.5, 0.6) is 0 Å². The molecule has 4 unspecified atom stereocenters. The number of carbonyl (C=O) groups is 1. The lowest BCUT2D eigenvalue weighted by Crippen LogP contribution is -2.28. The van der Waals surface area contributed by atoms with Gasteiger partial charge in [-0.25, -0.2) is 4.98 Å². The molecule has 1 aromatic heterocycles. The number of para-hydroxylation sites is 2. The zero-order valence-electron chi connectivity index (χ0n) is 13.0. The number of ketones is 1. The van der Waals surface area contributed by atoms with Crippen molar-refractivity contribution in [2.24, 2.45) is 18.9 Å². The summed E-state index contributed by atoms with van der Waals surface area (Å²) in [5, 5.41) is 0. The molecule has 0 N–H and O–H groups in total. The second-order valence-corrected chi connectivity index (χ2v) is 6.15. The number of nitrogens with zero attached hydrogens (tertiary/aromatic N) is 2. The van der Waals surface area contributed by atoms with Gasteiger partial charge in [0.25, 0.3) is 0 Å². The third-order valence-electron chi connectivity index (χ3n) is 4.83. The Morgan fingerprint density at radius 2 is 1.95 bits per heavy atom. The number of rotatable bonds is 3. The molecule has 0 aliphatic carbocycles. The minimum atomic E-state index is -0.0280. The first kappa shape index (κ1) is 14.3. The van der Waals surface area contributed by atoms with E-state index >= 15 is 0 Å². The smallest absolute Gasteiger partial charge is 0.146 e. The number of carbonyl (C=O) groups excluding carboxylic acids is 1. The van der Waals surface area contributed by atoms with Crippen LogP contribution >= 0.6 is 0 Å². The van der Waals surface area contributed by atoms with Gasteiger partial charge in [-0.05, 0) is 31.9 Å². The lowest BCUT2D eigenvalue weighted by atomic mass is 9.85. The van der Waals surface area contributed by atoms with E-state index < -0.39 is 0 Å². The van der Waals surface area contributed by atoms with Crippen LogP contribution in [0.25, 0.3) is 11.0 Å². The van der Waals surface area contributed by atoms with Gasteiger partial charge >= 0.3 is 0 Å². The second-order valence-electron chi connectivity index (χ2n) is 6.15. The summed E-state index contributed by atoms with van der Waals surface area (Å²) in [5.41, 5.74) is 2.01. The summed E-state index contributed by atoms with van der Waals surface area (Å²) in [6, 6.07) is 7.97. The Hall–Kier alpha value is -1.68. The van der Waals surface area contributed by atoms with Crippen molar-refractivity contribution < 1.29 is 9.53 Å². The van der Waals surface area contributed by atoms with Gasteiger partial charge in [0.05, 0.1) is 29.7 Å². The number of benzene rings is 1. The lowest BCUT2D eigenvalue weighted by molar-refractivity contribution is -0.124. The fourth-order valence-electron chi connectivity index (χ4n) is 3.45. The second kappa shape index (κ2) is 5.26. The molecule has 3 rings (SSSR count). The quantitative estimate of drug-likeness (QED) is 0.871. The number of ether oxygens (including phenoxy) is 1. The predicted octanol–water partition coefficient (Wildman–Crippen LogP) is 2.74. The molecule has 1 aromatic carbocycles. The van der Waals surface area contributed by atoms with Crippen LogP contribution in [0, 0.1) is 11.8 Å². The van der Waals surface area contributed by atoms with Gasteiger partial charge in [0.1, 0.15) is 11.6 Å². The third-order valence-corrected chi connectivity index (χ3v) is 4.83. The number of aryl methyl sites for hydroxylation is 1.